The summed E-state index contributed by atoms with van der Waals surface area (Å²) in [5.41, 5.74) is 0.464. The molecule has 4 rings (SSSR count). The van der Waals surface area contributed by atoms with Crippen LogP contribution in [0.25, 0.3) is 10.2 Å². The van der Waals surface area contributed by atoms with Crippen molar-refractivity contribution < 1.29 is 36.6 Å². The molecule has 34 heavy (non-hydrogen) atoms. The number of halogens is 1. The third-order valence-corrected chi connectivity index (χ3v) is 7.78. The van der Waals surface area contributed by atoms with Crippen LogP contribution in [0, 0.1) is 5.82 Å². The second-order valence-corrected chi connectivity index (χ2v) is 10.1. The first-order chi connectivity index (χ1) is 16.3. The molecule has 1 aromatic heterocycles. The van der Waals surface area contributed by atoms with E-state index in [4.69, 9.17) is 14.2 Å². The zero-order chi connectivity index (χ0) is 24.3. The molecular formula is C21H20FN3O7S2. The van der Waals surface area contributed by atoms with Crippen LogP contribution in [0.2, 0.25) is 0 Å². The Labute approximate surface area is 198 Å². The number of morpholine rings is 1. The summed E-state index contributed by atoms with van der Waals surface area (Å²) in [5.74, 6) is -1.95. The molecule has 0 unspecified atom stereocenters. The molecule has 1 amide bonds. The molecule has 2 heterocycles. The van der Waals surface area contributed by atoms with Crippen molar-refractivity contribution in [1.82, 2.24) is 9.29 Å². The van der Waals surface area contributed by atoms with E-state index in [1.807, 2.05) is 0 Å². The fourth-order valence-corrected chi connectivity index (χ4v) is 5.62. The first-order valence-corrected chi connectivity index (χ1v) is 12.3. The van der Waals surface area contributed by atoms with Crippen LogP contribution in [0.3, 0.4) is 0 Å². The summed E-state index contributed by atoms with van der Waals surface area (Å²) >= 11 is 1.22. The van der Waals surface area contributed by atoms with E-state index >= 15 is 0 Å². The molecule has 0 radical (unpaired) electrons. The first-order valence-electron chi connectivity index (χ1n) is 10.1. The third kappa shape index (κ3) is 5.17. The number of nitrogens with one attached hydrogen (secondary N) is 1. The Balaban J connectivity index is 1.41. The van der Waals surface area contributed by atoms with Crippen LogP contribution in [0.5, 0.6) is 5.75 Å². The van der Waals surface area contributed by atoms with Crippen molar-refractivity contribution in [2.24, 2.45) is 0 Å². The van der Waals surface area contributed by atoms with E-state index < -0.39 is 39.2 Å². The number of ether oxygens (including phenoxy) is 3. The number of carbonyl (C=O) groups is 2. The highest BCUT2D eigenvalue weighted by Gasteiger charge is 2.30. The minimum atomic E-state index is -4.16. The van der Waals surface area contributed by atoms with Crippen LogP contribution in [-0.4, -0.2) is 69.6 Å². The predicted molar refractivity (Wildman–Crippen MR) is 121 cm³/mol. The van der Waals surface area contributed by atoms with E-state index in [1.165, 1.54) is 11.3 Å². The summed E-state index contributed by atoms with van der Waals surface area (Å²) in [7, 11) is -2.62. The Hall–Kier alpha value is -3.13. The number of hydrogen-bond donors (Lipinski definition) is 1. The van der Waals surface area contributed by atoms with Gasteiger partial charge < -0.3 is 14.2 Å². The number of rotatable bonds is 7. The number of amides is 1. The highest BCUT2D eigenvalue weighted by Crippen LogP contribution is 2.29. The van der Waals surface area contributed by atoms with Crippen molar-refractivity contribution in [1.29, 1.82) is 0 Å². The number of carbonyl (C=O) groups excluding carboxylic acids is 2. The third-order valence-electron chi connectivity index (χ3n) is 4.93. The van der Waals surface area contributed by atoms with Gasteiger partial charge in [0, 0.05) is 13.1 Å². The lowest BCUT2D eigenvalue weighted by Crippen LogP contribution is -2.41. The van der Waals surface area contributed by atoms with Crippen LogP contribution in [0.15, 0.2) is 41.3 Å². The van der Waals surface area contributed by atoms with Crippen molar-refractivity contribution in [3.8, 4) is 5.75 Å². The van der Waals surface area contributed by atoms with Crippen LogP contribution in [0.1, 0.15) is 10.4 Å². The molecule has 0 aliphatic carbocycles. The second-order valence-electron chi connectivity index (χ2n) is 7.14. The normalized spacial score (nSPS) is 14.6. The summed E-state index contributed by atoms with van der Waals surface area (Å²) in [6, 6.07) is 8.14. The standard InChI is InChI=1S/C21H20FN3O7S2/c1-30-14-3-5-16-17(11-14)33-21(23-16)24-19(26)12-32-20(27)13-2-4-15(22)18(10-13)34(28,29)25-6-8-31-9-7-25/h2-5,10-11H,6-9,12H2,1H3,(H,23,24,26). The first kappa shape index (κ1) is 24.0. The Morgan fingerprint density at radius 1 is 1.21 bits per heavy atom. The molecule has 13 heteroatoms. The fraction of sp³-hybridized carbons (Fsp3) is 0.286. The molecule has 1 saturated heterocycles. The Morgan fingerprint density at radius 3 is 2.71 bits per heavy atom. The molecule has 0 bridgehead atoms. The monoisotopic (exact) mass is 509 g/mol. The molecule has 1 aliphatic heterocycles. The van der Waals surface area contributed by atoms with E-state index in [0.29, 0.717) is 16.4 Å². The van der Waals surface area contributed by atoms with Gasteiger partial charge in [0.05, 0.1) is 36.1 Å². The number of nitrogens with zero attached hydrogens (tertiary/aromatic N) is 2. The second kappa shape index (κ2) is 10.0. The number of aromatic nitrogens is 1. The maximum atomic E-state index is 14.3. The molecular weight excluding hydrogens is 489 g/mol. The SMILES string of the molecule is COc1ccc2nc(NC(=O)COC(=O)c3ccc(F)c(S(=O)(=O)N4CCOCC4)c3)sc2c1. The highest BCUT2D eigenvalue weighted by molar-refractivity contribution is 7.89. The van der Waals surface area contributed by atoms with Crippen molar-refractivity contribution >= 4 is 48.6 Å². The van der Waals surface area contributed by atoms with Crippen molar-refractivity contribution in [2.45, 2.75) is 4.90 Å². The predicted octanol–water partition coefficient (Wildman–Crippen LogP) is 2.26. The quantitative estimate of drug-likeness (QED) is 0.481. The van der Waals surface area contributed by atoms with Gasteiger partial charge in [-0.1, -0.05) is 11.3 Å². The number of methoxy groups -OCH3 is 1. The van der Waals surface area contributed by atoms with Crippen LogP contribution in [0.4, 0.5) is 9.52 Å². The molecule has 2 aromatic carbocycles. The molecule has 10 nitrogen and oxygen atoms in total. The van der Waals surface area contributed by atoms with Gasteiger partial charge in [-0.15, -0.1) is 0 Å². The largest absolute Gasteiger partial charge is 0.497 e. The van der Waals surface area contributed by atoms with Gasteiger partial charge in [0.2, 0.25) is 10.0 Å². The highest BCUT2D eigenvalue weighted by atomic mass is 32.2. The Bertz CT molecular complexity index is 1340. The smallest absolute Gasteiger partial charge is 0.338 e. The zero-order valence-electron chi connectivity index (χ0n) is 17.9. The number of sulfonamides is 1. The summed E-state index contributed by atoms with van der Waals surface area (Å²) in [6.45, 7) is -0.0921. The van der Waals surface area contributed by atoms with Crippen LogP contribution in [-0.2, 0) is 24.3 Å². The average Bonchev–Trinajstić information content (AvgIpc) is 3.24. The van der Waals surface area contributed by atoms with Gasteiger partial charge in [0.25, 0.3) is 5.91 Å². The molecule has 3 aromatic rings. The lowest BCUT2D eigenvalue weighted by Gasteiger charge is -2.26. The summed E-state index contributed by atoms with van der Waals surface area (Å²) in [4.78, 5) is 28.2. The van der Waals surface area contributed by atoms with E-state index in [0.717, 1.165) is 27.2 Å². The summed E-state index contributed by atoms with van der Waals surface area (Å²) < 4.78 is 57.0. The lowest BCUT2D eigenvalue weighted by molar-refractivity contribution is -0.119. The van der Waals surface area contributed by atoms with Crippen molar-refractivity contribution in [3.63, 3.8) is 0 Å². The molecule has 1 fully saturated rings. The fourth-order valence-electron chi connectivity index (χ4n) is 3.21. The van der Waals surface area contributed by atoms with Gasteiger partial charge in [-0.2, -0.15) is 4.31 Å². The van der Waals surface area contributed by atoms with Gasteiger partial charge in [0.15, 0.2) is 11.7 Å². The van der Waals surface area contributed by atoms with E-state index in [1.54, 1.807) is 25.3 Å². The van der Waals surface area contributed by atoms with Crippen molar-refractivity contribution in [3.05, 3.63) is 47.8 Å². The van der Waals surface area contributed by atoms with E-state index in [-0.39, 0.29) is 31.9 Å². The number of anilines is 1. The van der Waals surface area contributed by atoms with Crippen molar-refractivity contribution in [2.75, 3.05) is 45.3 Å². The van der Waals surface area contributed by atoms with Gasteiger partial charge in [-0.25, -0.2) is 22.6 Å². The number of hydrogen-bond acceptors (Lipinski definition) is 9. The van der Waals surface area contributed by atoms with Gasteiger partial charge in [0.1, 0.15) is 16.5 Å². The molecule has 1 N–H and O–H groups in total. The molecule has 1 aliphatic rings. The number of benzene rings is 2. The maximum absolute atomic E-state index is 14.3. The number of thiazole rings is 1. The number of fused-ring (bicyclic) bond motifs is 1. The lowest BCUT2D eigenvalue weighted by atomic mass is 10.2. The van der Waals surface area contributed by atoms with Crippen LogP contribution >= 0.6 is 11.3 Å². The molecule has 0 spiro atoms. The Morgan fingerprint density at radius 2 is 1.97 bits per heavy atom. The van der Waals surface area contributed by atoms with Crippen LogP contribution < -0.4 is 10.1 Å². The van der Waals surface area contributed by atoms with E-state index in [2.05, 4.69) is 10.3 Å². The molecule has 0 atom stereocenters. The summed E-state index contributed by atoms with van der Waals surface area (Å²) in [6.07, 6.45) is 0. The van der Waals surface area contributed by atoms with Gasteiger partial charge in [-0.05, 0) is 36.4 Å². The summed E-state index contributed by atoms with van der Waals surface area (Å²) in [5, 5.41) is 2.85. The van der Waals surface area contributed by atoms with Gasteiger partial charge in [-0.3, -0.25) is 10.1 Å². The zero-order valence-corrected chi connectivity index (χ0v) is 19.6. The molecule has 180 valence electrons. The topological polar surface area (TPSA) is 124 Å². The van der Waals surface area contributed by atoms with E-state index in [9.17, 15) is 22.4 Å². The average molecular weight is 510 g/mol. The minimum absolute atomic E-state index is 0.0785. The maximum Gasteiger partial charge on any atom is 0.338 e. The Kier molecular flexibility index (Phi) is 7.07. The molecule has 0 saturated carbocycles. The number of esters is 1. The minimum Gasteiger partial charge on any atom is -0.497 e. The van der Waals surface area contributed by atoms with Gasteiger partial charge >= 0.3 is 5.97 Å².